The summed E-state index contributed by atoms with van der Waals surface area (Å²) in [6.07, 6.45) is 0. The summed E-state index contributed by atoms with van der Waals surface area (Å²) in [5, 5.41) is 5.66. The number of thiazole rings is 1. The monoisotopic (exact) mass is 325 g/mol. The number of hydrogen-bond acceptors (Lipinski definition) is 5. The van der Waals surface area contributed by atoms with Gasteiger partial charge in [0.15, 0.2) is 0 Å². The van der Waals surface area contributed by atoms with Crippen molar-refractivity contribution in [3.05, 3.63) is 45.9 Å². The molecular weight excluding hydrogens is 306 g/mol. The molecule has 0 fully saturated rings. The highest BCUT2D eigenvalue weighted by atomic mass is 32.2. The molecule has 0 saturated carbocycles. The van der Waals surface area contributed by atoms with E-state index in [0.29, 0.717) is 11.4 Å². The zero-order valence-electron chi connectivity index (χ0n) is 12.3. The summed E-state index contributed by atoms with van der Waals surface area (Å²) in [5.41, 5.74) is 1.65. The van der Waals surface area contributed by atoms with E-state index in [1.165, 1.54) is 11.3 Å². The van der Waals surface area contributed by atoms with Crippen molar-refractivity contribution in [3.8, 4) is 0 Å². The van der Waals surface area contributed by atoms with Crippen LogP contribution in [0.15, 0.2) is 34.5 Å². The fourth-order valence-electron chi connectivity index (χ4n) is 2.02. The maximum absolute atomic E-state index is 12.6. The number of aromatic nitrogens is 1. The second kappa shape index (κ2) is 6.65. The van der Waals surface area contributed by atoms with Crippen molar-refractivity contribution >= 4 is 21.4 Å². The van der Waals surface area contributed by atoms with E-state index in [2.05, 4.69) is 15.0 Å². The van der Waals surface area contributed by atoms with Gasteiger partial charge in [-0.2, -0.15) is 0 Å². The van der Waals surface area contributed by atoms with Crippen LogP contribution in [0.25, 0.3) is 0 Å². The summed E-state index contributed by atoms with van der Waals surface area (Å²) >= 11 is 1.46. The molecule has 0 radical (unpaired) electrons. The van der Waals surface area contributed by atoms with Crippen molar-refractivity contribution in [2.24, 2.45) is 0 Å². The third-order valence-electron chi connectivity index (χ3n) is 2.97. The van der Waals surface area contributed by atoms with Gasteiger partial charge in [0.05, 0.1) is 10.9 Å². The molecule has 1 heterocycles. The van der Waals surface area contributed by atoms with Crippen LogP contribution in [0, 0.1) is 6.92 Å². The molecular formula is C14H19N3O2S2. The summed E-state index contributed by atoms with van der Waals surface area (Å²) in [5.74, 6) is 0. The quantitative estimate of drug-likeness (QED) is 0.854. The van der Waals surface area contributed by atoms with E-state index in [0.717, 1.165) is 16.3 Å². The van der Waals surface area contributed by atoms with Gasteiger partial charge in [-0.15, -0.1) is 11.3 Å². The topological polar surface area (TPSA) is 71.1 Å². The van der Waals surface area contributed by atoms with Gasteiger partial charge in [-0.3, -0.25) is 0 Å². The van der Waals surface area contributed by atoms with Crippen LogP contribution >= 0.6 is 11.3 Å². The Bertz CT molecular complexity index is 711. The van der Waals surface area contributed by atoms with Crippen LogP contribution in [0.5, 0.6) is 0 Å². The standard InChI is InChI=1S/C14H19N3O2S2/c1-10-9-20-14(16-10)11(2)17-21(18,19)13-7-5-4-6-12(13)8-15-3/h4-7,9,11,15,17H,8H2,1-3H3. The molecule has 2 N–H and O–H groups in total. The Balaban J connectivity index is 2.26. The molecule has 0 spiro atoms. The Morgan fingerprint density at radius 3 is 2.67 bits per heavy atom. The molecule has 5 nitrogen and oxygen atoms in total. The molecule has 0 amide bonds. The number of benzene rings is 1. The highest BCUT2D eigenvalue weighted by molar-refractivity contribution is 7.89. The van der Waals surface area contributed by atoms with Crippen LogP contribution in [0.3, 0.4) is 0 Å². The molecule has 21 heavy (non-hydrogen) atoms. The lowest BCUT2D eigenvalue weighted by Crippen LogP contribution is -2.28. The molecule has 0 aliphatic rings. The smallest absolute Gasteiger partial charge is 0.241 e. The molecule has 1 unspecified atom stereocenters. The van der Waals surface area contributed by atoms with E-state index in [4.69, 9.17) is 0 Å². The van der Waals surface area contributed by atoms with Gasteiger partial charge < -0.3 is 5.32 Å². The number of rotatable bonds is 6. The van der Waals surface area contributed by atoms with Crippen LogP contribution < -0.4 is 10.0 Å². The minimum Gasteiger partial charge on any atom is -0.316 e. The first kappa shape index (κ1) is 16.1. The third-order valence-corrected chi connectivity index (χ3v) is 5.75. The third kappa shape index (κ3) is 3.88. The highest BCUT2D eigenvalue weighted by Crippen LogP contribution is 2.22. The van der Waals surface area contributed by atoms with Gasteiger partial charge in [0.2, 0.25) is 10.0 Å². The van der Waals surface area contributed by atoms with E-state index in [9.17, 15) is 8.42 Å². The summed E-state index contributed by atoms with van der Waals surface area (Å²) < 4.78 is 27.8. The van der Waals surface area contributed by atoms with Gasteiger partial charge in [-0.25, -0.2) is 18.1 Å². The second-order valence-corrected chi connectivity index (χ2v) is 7.38. The Hall–Kier alpha value is -1.28. The van der Waals surface area contributed by atoms with E-state index in [1.807, 2.05) is 24.4 Å². The second-order valence-electron chi connectivity index (χ2n) is 4.81. The first-order valence-electron chi connectivity index (χ1n) is 6.61. The Morgan fingerprint density at radius 2 is 2.05 bits per heavy atom. The maximum Gasteiger partial charge on any atom is 0.241 e. The Kier molecular flexibility index (Phi) is 5.10. The summed E-state index contributed by atoms with van der Waals surface area (Å²) in [6, 6.07) is 6.64. The lowest BCUT2D eigenvalue weighted by atomic mass is 10.2. The van der Waals surface area contributed by atoms with Crippen molar-refractivity contribution in [2.75, 3.05) is 7.05 Å². The molecule has 1 atom stereocenters. The maximum atomic E-state index is 12.6. The normalized spacial score (nSPS) is 13.3. The van der Waals surface area contributed by atoms with Crippen LogP contribution in [-0.2, 0) is 16.6 Å². The van der Waals surface area contributed by atoms with E-state index in [-0.39, 0.29) is 6.04 Å². The van der Waals surface area contributed by atoms with Gasteiger partial charge in [0.25, 0.3) is 0 Å². The lowest BCUT2D eigenvalue weighted by molar-refractivity contribution is 0.564. The Labute approximate surface area is 129 Å². The zero-order valence-corrected chi connectivity index (χ0v) is 13.9. The van der Waals surface area contributed by atoms with Gasteiger partial charge in [0.1, 0.15) is 5.01 Å². The number of nitrogens with one attached hydrogen (secondary N) is 2. The molecule has 2 aromatic rings. The first-order chi connectivity index (χ1) is 9.94. The summed E-state index contributed by atoms with van der Waals surface area (Å²) in [6.45, 7) is 4.20. The highest BCUT2D eigenvalue weighted by Gasteiger charge is 2.22. The first-order valence-corrected chi connectivity index (χ1v) is 8.97. The average molecular weight is 325 g/mol. The van der Waals surface area contributed by atoms with Gasteiger partial charge in [-0.1, -0.05) is 18.2 Å². The predicted octanol–water partition coefficient (Wildman–Crippen LogP) is 2.21. The van der Waals surface area contributed by atoms with E-state index in [1.54, 1.807) is 26.1 Å². The summed E-state index contributed by atoms with van der Waals surface area (Å²) in [7, 11) is -1.79. The number of aryl methyl sites for hydroxylation is 1. The van der Waals surface area contributed by atoms with Crippen molar-refractivity contribution in [3.63, 3.8) is 0 Å². The van der Waals surface area contributed by atoms with Crippen molar-refractivity contribution < 1.29 is 8.42 Å². The van der Waals surface area contributed by atoms with Crippen molar-refractivity contribution in [2.45, 2.75) is 31.3 Å². The molecule has 0 aliphatic carbocycles. The number of nitrogens with zero attached hydrogens (tertiary/aromatic N) is 1. The number of hydrogen-bond donors (Lipinski definition) is 2. The van der Waals surface area contributed by atoms with Crippen molar-refractivity contribution in [1.29, 1.82) is 0 Å². The van der Waals surface area contributed by atoms with Crippen LogP contribution in [0.2, 0.25) is 0 Å². The van der Waals surface area contributed by atoms with Crippen LogP contribution in [0.4, 0.5) is 0 Å². The fourth-order valence-corrected chi connectivity index (χ4v) is 4.35. The molecule has 0 saturated heterocycles. The SMILES string of the molecule is CNCc1ccccc1S(=O)(=O)NC(C)c1nc(C)cs1. The van der Waals surface area contributed by atoms with Gasteiger partial charge in [-0.05, 0) is 32.5 Å². The van der Waals surface area contributed by atoms with Crippen LogP contribution in [-0.4, -0.2) is 20.4 Å². The van der Waals surface area contributed by atoms with Crippen molar-refractivity contribution in [1.82, 2.24) is 15.0 Å². The molecule has 0 aliphatic heterocycles. The molecule has 0 bridgehead atoms. The van der Waals surface area contributed by atoms with Gasteiger partial charge >= 0.3 is 0 Å². The molecule has 1 aromatic carbocycles. The predicted molar refractivity (Wildman–Crippen MR) is 84.8 cm³/mol. The molecule has 114 valence electrons. The van der Waals surface area contributed by atoms with Crippen LogP contribution in [0.1, 0.15) is 29.2 Å². The molecule has 2 rings (SSSR count). The minimum absolute atomic E-state index is 0.305. The van der Waals surface area contributed by atoms with E-state index >= 15 is 0 Å². The Morgan fingerprint density at radius 1 is 1.33 bits per heavy atom. The molecule has 7 heteroatoms. The zero-order chi connectivity index (χ0) is 15.5. The van der Waals surface area contributed by atoms with E-state index < -0.39 is 10.0 Å². The molecule has 1 aromatic heterocycles. The fraction of sp³-hybridized carbons (Fsp3) is 0.357. The average Bonchev–Trinajstić information content (AvgIpc) is 2.86. The largest absolute Gasteiger partial charge is 0.316 e. The lowest BCUT2D eigenvalue weighted by Gasteiger charge is -2.14. The number of sulfonamides is 1. The summed E-state index contributed by atoms with van der Waals surface area (Å²) in [4.78, 5) is 4.63. The minimum atomic E-state index is -3.57. The van der Waals surface area contributed by atoms with Gasteiger partial charge in [0, 0.05) is 17.6 Å².